The second-order valence-electron chi connectivity index (χ2n) is 11.5. The number of hydrogen-bond donors (Lipinski definition) is 0. The van der Waals surface area contributed by atoms with Gasteiger partial charge in [0.2, 0.25) is 11.8 Å². The van der Waals surface area contributed by atoms with Crippen molar-refractivity contribution in [3.63, 3.8) is 0 Å². The molecule has 0 spiro atoms. The summed E-state index contributed by atoms with van der Waals surface area (Å²) in [4.78, 5) is 46.3. The van der Waals surface area contributed by atoms with Gasteiger partial charge in [-0.15, -0.1) is 0 Å². The largest absolute Gasteiger partial charge is 0.451 e. The molecule has 214 valence electrons. The van der Waals surface area contributed by atoms with E-state index in [0.29, 0.717) is 5.69 Å². The van der Waals surface area contributed by atoms with E-state index in [2.05, 4.69) is 0 Å². The van der Waals surface area contributed by atoms with E-state index < -0.39 is 36.0 Å². The lowest BCUT2D eigenvalue weighted by Gasteiger charge is -2.36. The average Bonchev–Trinajstić information content (AvgIpc) is 3.56. The summed E-state index contributed by atoms with van der Waals surface area (Å²) in [6, 6.07) is 38.9. The zero-order valence-electron chi connectivity index (χ0n) is 23.7. The summed E-state index contributed by atoms with van der Waals surface area (Å²) in [5, 5.41) is 1.95. The Morgan fingerprint density at radius 2 is 1.27 bits per heavy atom. The van der Waals surface area contributed by atoms with Gasteiger partial charge in [0.25, 0.3) is 0 Å². The van der Waals surface area contributed by atoms with Crippen LogP contribution in [0.1, 0.15) is 22.8 Å². The predicted octanol–water partition coefficient (Wildman–Crippen LogP) is 6.56. The molecule has 2 saturated heterocycles. The highest BCUT2D eigenvalue weighted by atomic mass is 16.5. The van der Waals surface area contributed by atoms with Crippen LogP contribution in [0.25, 0.3) is 16.8 Å². The highest BCUT2D eigenvalue weighted by molar-refractivity contribution is 6.25. The molecule has 0 aromatic heterocycles. The van der Waals surface area contributed by atoms with Gasteiger partial charge in [-0.2, -0.15) is 0 Å². The van der Waals surface area contributed by atoms with Crippen molar-refractivity contribution in [2.24, 2.45) is 11.8 Å². The molecular formula is C38H28N2O4. The van der Waals surface area contributed by atoms with Gasteiger partial charge in [0, 0.05) is 5.69 Å². The van der Waals surface area contributed by atoms with E-state index in [-0.39, 0.29) is 11.8 Å². The van der Waals surface area contributed by atoms with Crippen LogP contribution in [0.15, 0.2) is 133 Å². The van der Waals surface area contributed by atoms with Crippen molar-refractivity contribution in [1.29, 1.82) is 0 Å². The first-order chi connectivity index (χ1) is 21.6. The Balaban J connectivity index is 1.22. The second-order valence-corrected chi connectivity index (χ2v) is 11.5. The number of benzene rings is 5. The number of hydrogen-bond acceptors (Lipinski definition) is 5. The first-order valence-electron chi connectivity index (χ1n) is 14.8. The maximum atomic E-state index is 14.5. The van der Waals surface area contributed by atoms with Crippen LogP contribution in [0, 0.1) is 11.8 Å². The van der Waals surface area contributed by atoms with Crippen LogP contribution in [0.2, 0.25) is 0 Å². The molecule has 0 aliphatic carbocycles. The number of para-hydroxylation sites is 1. The van der Waals surface area contributed by atoms with E-state index in [0.717, 1.165) is 33.2 Å². The van der Waals surface area contributed by atoms with Crippen molar-refractivity contribution in [2.45, 2.75) is 18.2 Å². The molecule has 8 rings (SSSR count). The molecule has 6 heteroatoms. The fraction of sp³-hybridized carbons (Fsp3) is 0.132. The number of esters is 1. The molecule has 0 radical (unpaired) electrons. The molecule has 3 heterocycles. The summed E-state index contributed by atoms with van der Waals surface area (Å²) in [6.45, 7) is 0. The van der Waals surface area contributed by atoms with Gasteiger partial charge in [-0.05, 0) is 45.7 Å². The zero-order chi connectivity index (χ0) is 29.8. The number of imide groups is 1. The maximum Gasteiger partial charge on any atom is 0.330 e. The van der Waals surface area contributed by atoms with Crippen molar-refractivity contribution in [2.75, 3.05) is 9.80 Å². The van der Waals surface area contributed by atoms with Gasteiger partial charge in [-0.1, -0.05) is 121 Å². The van der Waals surface area contributed by atoms with Gasteiger partial charge in [-0.25, -0.2) is 9.69 Å². The Labute approximate surface area is 254 Å². The molecule has 0 saturated carbocycles. The standard InChI is InChI=1S/C38H28N2O4/c41-36-32-31-22-20-25-12-9-10-18-30(25)40(31)34(33(32)37(42)39(36)29-21-19-24-11-7-8-17-28(24)23-29)38(43)44-35(26-13-3-1-4-14-26)27-15-5-2-6-16-27/h1-23,31-35H/t31-,32+,33-,34+/m1/s1. The van der Waals surface area contributed by atoms with E-state index in [9.17, 15) is 14.4 Å². The van der Waals surface area contributed by atoms with Gasteiger partial charge >= 0.3 is 5.97 Å². The minimum Gasteiger partial charge on any atom is -0.451 e. The van der Waals surface area contributed by atoms with Crippen LogP contribution >= 0.6 is 0 Å². The Bertz CT molecular complexity index is 1910. The lowest BCUT2D eigenvalue weighted by atomic mass is 9.88. The number of ether oxygens (including phenoxy) is 1. The number of anilines is 2. The highest BCUT2D eigenvalue weighted by Crippen LogP contribution is 2.50. The van der Waals surface area contributed by atoms with E-state index in [4.69, 9.17) is 4.74 Å². The summed E-state index contributed by atoms with van der Waals surface area (Å²) < 4.78 is 6.37. The summed E-state index contributed by atoms with van der Waals surface area (Å²) in [5.41, 5.74) is 3.89. The van der Waals surface area contributed by atoms with Crippen molar-refractivity contribution < 1.29 is 19.1 Å². The molecule has 44 heavy (non-hydrogen) atoms. The van der Waals surface area contributed by atoms with E-state index in [1.54, 1.807) is 6.07 Å². The van der Waals surface area contributed by atoms with Crippen molar-refractivity contribution in [1.82, 2.24) is 0 Å². The van der Waals surface area contributed by atoms with Gasteiger partial charge < -0.3 is 9.64 Å². The quantitative estimate of drug-likeness (QED) is 0.175. The number of carbonyl (C=O) groups excluding carboxylic acids is 3. The summed E-state index contributed by atoms with van der Waals surface area (Å²) in [6.07, 6.45) is 3.25. The number of carbonyl (C=O) groups is 3. The highest BCUT2D eigenvalue weighted by Gasteiger charge is 2.65. The molecule has 4 atom stereocenters. The summed E-state index contributed by atoms with van der Waals surface area (Å²) in [5.74, 6) is -2.86. The predicted molar refractivity (Wildman–Crippen MR) is 170 cm³/mol. The minimum atomic E-state index is -0.993. The topological polar surface area (TPSA) is 66.9 Å². The van der Waals surface area contributed by atoms with Crippen molar-refractivity contribution in [3.8, 4) is 0 Å². The fourth-order valence-electron chi connectivity index (χ4n) is 7.12. The second kappa shape index (κ2) is 10.3. The van der Waals surface area contributed by atoms with Crippen LogP contribution in [0.5, 0.6) is 0 Å². The monoisotopic (exact) mass is 576 g/mol. The molecule has 2 amide bonds. The normalized spacial score (nSPS) is 21.8. The van der Waals surface area contributed by atoms with Gasteiger partial charge in [-0.3, -0.25) is 9.59 Å². The lowest BCUT2D eigenvalue weighted by Crippen LogP contribution is -2.49. The SMILES string of the molecule is O=C(OC(c1ccccc1)c1ccccc1)[C@@H]1[C@@H]2C(=O)N(c3ccc4ccccc4c3)C(=O)[C@H]2[C@H]2C=Cc3ccccc3N21. The van der Waals surface area contributed by atoms with E-state index in [1.165, 1.54) is 4.90 Å². The van der Waals surface area contributed by atoms with Crippen LogP contribution in [0.3, 0.4) is 0 Å². The Hall–Kier alpha value is -5.49. The first kappa shape index (κ1) is 26.2. The van der Waals surface area contributed by atoms with Crippen LogP contribution in [-0.4, -0.2) is 29.9 Å². The van der Waals surface area contributed by atoms with E-state index in [1.807, 2.05) is 138 Å². The molecule has 6 nitrogen and oxygen atoms in total. The van der Waals surface area contributed by atoms with E-state index >= 15 is 0 Å². The third-order valence-electron chi connectivity index (χ3n) is 9.09. The number of fused-ring (bicyclic) bond motifs is 6. The Kier molecular flexibility index (Phi) is 6.15. The Morgan fingerprint density at radius 3 is 2.00 bits per heavy atom. The van der Waals surface area contributed by atoms with Gasteiger partial charge in [0.15, 0.2) is 6.10 Å². The summed E-state index contributed by atoms with van der Waals surface area (Å²) >= 11 is 0. The molecule has 2 fully saturated rings. The molecule has 3 aliphatic heterocycles. The van der Waals surface area contributed by atoms with Crippen LogP contribution < -0.4 is 9.80 Å². The zero-order valence-corrected chi connectivity index (χ0v) is 23.7. The van der Waals surface area contributed by atoms with Gasteiger partial charge in [0.1, 0.15) is 6.04 Å². The number of nitrogens with zero attached hydrogens (tertiary/aromatic N) is 2. The third-order valence-corrected chi connectivity index (χ3v) is 9.09. The molecule has 5 aromatic carbocycles. The Morgan fingerprint density at radius 1 is 0.659 bits per heavy atom. The van der Waals surface area contributed by atoms with Crippen LogP contribution in [0.4, 0.5) is 11.4 Å². The van der Waals surface area contributed by atoms with Crippen molar-refractivity contribution >= 4 is 46.0 Å². The lowest BCUT2D eigenvalue weighted by molar-refractivity contribution is -0.151. The molecule has 0 bridgehead atoms. The minimum absolute atomic E-state index is 0.299. The number of amides is 2. The average molecular weight is 577 g/mol. The third kappa shape index (κ3) is 4.06. The van der Waals surface area contributed by atoms with Crippen LogP contribution in [-0.2, 0) is 19.1 Å². The molecular weight excluding hydrogens is 548 g/mol. The summed E-state index contributed by atoms with van der Waals surface area (Å²) in [7, 11) is 0. The smallest absolute Gasteiger partial charge is 0.330 e. The van der Waals surface area contributed by atoms with Crippen molar-refractivity contribution in [3.05, 3.63) is 150 Å². The molecule has 5 aromatic rings. The molecule has 3 aliphatic rings. The molecule has 0 unspecified atom stereocenters. The molecule has 0 N–H and O–H groups in total. The first-order valence-corrected chi connectivity index (χ1v) is 14.8. The fourth-order valence-corrected chi connectivity index (χ4v) is 7.12. The van der Waals surface area contributed by atoms with Gasteiger partial charge in [0.05, 0.1) is 23.6 Å². The maximum absolute atomic E-state index is 14.5. The number of rotatable bonds is 5.